The van der Waals surface area contributed by atoms with Gasteiger partial charge in [-0.1, -0.05) is 15.9 Å². The van der Waals surface area contributed by atoms with Gasteiger partial charge in [0.2, 0.25) is 6.79 Å². The number of fused-ring (bicyclic) bond motifs is 2. The lowest BCUT2D eigenvalue weighted by Crippen LogP contribution is -2.25. The van der Waals surface area contributed by atoms with Crippen molar-refractivity contribution < 1.29 is 9.47 Å². The fourth-order valence-corrected chi connectivity index (χ4v) is 2.74. The molecule has 100 valence electrons. The zero-order valence-corrected chi connectivity index (χ0v) is 12.3. The van der Waals surface area contributed by atoms with Crippen molar-refractivity contribution in [2.75, 3.05) is 30.1 Å². The summed E-state index contributed by atoms with van der Waals surface area (Å²) in [5.41, 5.74) is 0. The minimum atomic E-state index is 0.299. The van der Waals surface area contributed by atoms with Crippen LogP contribution < -0.4 is 14.4 Å². The van der Waals surface area contributed by atoms with Crippen LogP contribution in [0.15, 0.2) is 24.4 Å². The van der Waals surface area contributed by atoms with Crippen LogP contribution in [-0.2, 0) is 0 Å². The van der Waals surface area contributed by atoms with Crippen molar-refractivity contribution in [3.63, 3.8) is 0 Å². The second kappa shape index (κ2) is 5.25. The Morgan fingerprint density at radius 1 is 1.32 bits per heavy atom. The highest BCUT2D eigenvalue weighted by Gasteiger charge is 2.17. The molecule has 5 heteroatoms. The summed E-state index contributed by atoms with van der Waals surface area (Å²) in [5, 5.41) is 3.15. The van der Waals surface area contributed by atoms with E-state index in [0.717, 1.165) is 46.5 Å². The monoisotopic (exact) mass is 322 g/mol. The predicted molar refractivity (Wildman–Crippen MR) is 79.5 cm³/mol. The SMILES string of the molecule is CCN(CCBr)c1nccc2cc3c(cc12)OCO3. The molecule has 4 nitrogen and oxygen atoms in total. The van der Waals surface area contributed by atoms with Crippen LogP contribution in [0.4, 0.5) is 5.82 Å². The number of rotatable bonds is 4. The van der Waals surface area contributed by atoms with Crippen LogP contribution in [0, 0.1) is 0 Å². The zero-order chi connectivity index (χ0) is 13.2. The largest absolute Gasteiger partial charge is 0.454 e. The van der Waals surface area contributed by atoms with Crippen LogP contribution in [0.25, 0.3) is 10.8 Å². The number of pyridine rings is 1. The molecule has 0 aliphatic carbocycles. The fraction of sp³-hybridized carbons (Fsp3) is 0.357. The van der Waals surface area contributed by atoms with Crippen LogP contribution >= 0.6 is 15.9 Å². The highest BCUT2D eigenvalue weighted by atomic mass is 79.9. The summed E-state index contributed by atoms with van der Waals surface area (Å²) in [6.07, 6.45) is 1.84. The standard InChI is InChI=1S/C14H15BrN2O2/c1-2-17(6-4-15)14-11-8-13-12(18-9-19-13)7-10(11)3-5-16-14/h3,5,7-8H,2,4,6,9H2,1H3. The Morgan fingerprint density at radius 2 is 2.11 bits per heavy atom. The molecule has 0 saturated heterocycles. The average Bonchev–Trinajstić information content (AvgIpc) is 2.89. The van der Waals surface area contributed by atoms with Gasteiger partial charge in [0.1, 0.15) is 5.82 Å². The summed E-state index contributed by atoms with van der Waals surface area (Å²) >= 11 is 3.49. The van der Waals surface area contributed by atoms with Gasteiger partial charge in [-0.2, -0.15) is 0 Å². The van der Waals surface area contributed by atoms with E-state index in [2.05, 4.69) is 32.7 Å². The van der Waals surface area contributed by atoms with Gasteiger partial charge in [0.05, 0.1) is 0 Å². The summed E-state index contributed by atoms with van der Waals surface area (Å²) in [7, 11) is 0. The number of alkyl halides is 1. The van der Waals surface area contributed by atoms with E-state index >= 15 is 0 Å². The van der Waals surface area contributed by atoms with E-state index in [9.17, 15) is 0 Å². The number of benzene rings is 1. The van der Waals surface area contributed by atoms with Gasteiger partial charge >= 0.3 is 0 Å². The number of nitrogens with zero attached hydrogens (tertiary/aromatic N) is 2. The molecule has 1 aliphatic rings. The normalized spacial score (nSPS) is 12.9. The molecule has 0 atom stereocenters. The summed E-state index contributed by atoms with van der Waals surface area (Å²) in [6, 6.07) is 6.05. The molecule has 0 fully saturated rings. The number of aromatic nitrogens is 1. The number of hydrogen-bond acceptors (Lipinski definition) is 4. The van der Waals surface area contributed by atoms with E-state index in [1.807, 2.05) is 24.4 Å². The molecule has 1 aromatic heterocycles. The smallest absolute Gasteiger partial charge is 0.231 e. The molecule has 0 spiro atoms. The Kier molecular flexibility index (Phi) is 3.46. The van der Waals surface area contributed by atoms with E-state index in [1.54, 1.807) is 0 Å². The first-order chi connectivity index (χ1) is 9.33. The van der Waals surface area contributed by atoms with Crippen molar-refractivity contribution in [3.8, 4) is 11.5 Å². The number of ether oxygens (including phenoxy) is 2. The lowest BCUT2D eigenvalue weighted by atomic mass is 10.1. The maximum Gasteiger partial charge on any atom is 0.231 e. The van der Waals surface area contributed by atoms with Gasteiger partial charge in [0.25, 0.3) is 0 Å². The van der Waals surface area contributed by atoms with Crippen LogP contribution in [0.2, 0.25) is 0 Å². The third kappa shape index (κ3) is 2.23. The maximum absolute atomic E-state index is 5.46. The predicted octanol–water partition coefficient (Wildman–Crippen LogP) is 3.18. The Morgan fingerprint density at radius 3 is 2.84 bits per heavy atom. The Bertz CT molecular complexity index is 603. The van der Waals surface area contributed by atoms with Crippen molar-refractivity contribution in [2.24, 2.45) is 0 Å². The van der Waals surface area contributed by atoms with E-state index < -0.39 is 0 Å². The highest BCUT2D eigenvalue weighted by Crippen LogP contribution is 2.38. The second-order valence-electron chi connectivity index (χ2n) is 4.33. The first kappa shape index (κ1) is 12.5. The summed E-state index contributed by atoms with van der Waals surface area (Å²) in [4.78, 5) is 6.78. The van der Waals surface area contributed by atoms with E-state index in [-0.39, 0.29) is 0 Å². The molecule has 2 heterocycles. The third-order valence-corrected chi connectivity index (χ3v) is 3.63. The minimum absolute atomic E-state index is 0.299. The molecule has 2 aromatic rings. The second-order valence-corrected chi connectivity index (χ2v) is 5.12. The maximum atomic E-state index is 5.46. The average molecular weight is 323 g/mol. The molecule has 1 aromatic carbocycles. The Balaban J connectivity index is 2.14. The van der Waals surface area contributed by atoms with Crippen LogP contribution in [0.3, 0.4) is 0 Å². The lowest BCUT2D eigenvalue weighted by Gasteiger charge is -2.22. The van der Waals surface area contributed by atoms with Crippen LogP contribution in [-0.4, -0.2) is 30.2 Å². The minimum Gasteiger partial charge on any atom is -0.454 e. The molecule has 19 heavy (non-hydrogen) atoms. The molecule has 0 radical (unpaired) electrons. The van der Waals surface area contributed by atoms with Crippen molar-refractivity contribution >= 4 is 32.5 Å². The first-order valence-electron chi connectivity index (χ1n) is 6.32. The summed E-state index contributed by atoms with van der Waals surface area (Å²) < 4.78 is 10.9. The topological polar surface area (TPSA) is 34.6 Å². The van der Waals surface area contributed by atoms with E-state index in [4.69, 9.17) is 9.47 Å². The van der Waals surface area contributed by atoms with Crippen molar-refractivity contribution in [1.29, 1.82) is 0 Å². The summed E-state index contributed by atoms with van der Waals surface area (Å²) in [6.45, 7) is 4.28. The number of hydrogen-bond donors (Lipinski definition) is 0. The highest BCUT2D eigenvalue weighted by molar-refractivity contribution is 9.09. The van der Waals surface area contributed by atoms with E-state index in [0.29, 0.717) is 6.79 Å². The van der Waals surface area contributed by atoms with Gasteiger partial charge in [-0.15, -0.1) is 0 Å². The van der Waals surface area contributed by atoms with Gasteiger partial charge in [0, 0.05) is 30.0 Å². The van der Waals surface area contributed by atoms with Gasteiger partial charge in [0.15, 0.2) is 11.5 Å². The fourth-order valence-electron chi connectivity index (χ4n) is 2.31. The molecular weight excluding hydrogens is 308 g/mol. The van der Waals surface area contributed by atoms with Gasteiger partial charge < -0.3 is 14.4 Å². The Labute approximate surface area is 120 Å². The lowest BCUT2D eigenvalue weighted by molar-refractivity contribution is 0.174. The quantitative estimate of drug-likeness (QED) is 0.810. The summed E-state index contributed by atoms with van der Waals surface area (Å²) in [5.74, 6) is 2.61. The van der Waals surface area contributed by atoms with Gasteiger partial charge in [-0.05, 0) is 30.5 Å². The van der Waals surface area contributed by atoms with Gasteiger partial charge in [-0.25, -0.2) is 4.98 Å². The first-order valence-corrected chi connectivity index (χ1v) is 7.45. The zero-order valence-electron chi connectivity index (χ0n) is 10.7. The molecule has 0 saturated carbocycles. The molecule has 1 aliphatic heterocycles. The molecular formula is C14H15BrN2O2. The van der Waals surface area contributed by atoms with E-state index in [1.165, 1.54) is 0 Å². The van der Waals surface area contributed by atoms with Crippen LogP contribution in [0.1, 0.15) is 6.92 Å². The Hall–Kier alpha value is -1.49. The molecule has 0 bridgehead atoms. The molecule has 3 rings (SSSR count). The van der Waals surface area contributed by atoms with Crippen LogP contribution in [0.5, 0.6) is 11.5 Å². The van der Waals surface area contributed by atoms with Crippen molar-refractivity contribution in [2.45, 2.75) is 6.92 Å². The number of halogens is 1. The van der Waals surface area contributed by atoms with Crippen molar-refractivity contribution in [1.82, 2.24) is 4.98 Å². The molecule has 0 amide bonds. The van der Waals surface area contributed by atoms with Gasteiger partial charge in [-0.3, -0.25) is 0 Å². The molecule has 0 N–H and O–H groups in total. The third-order valence-electron chi connectivity index (χ3n) is 3.27. The van der Waals surface area contributed by atoms with Crippen molar-refractivity contribution in [3.05, 3.63) is 24.4 Å². The number of anilines is 1. The molecule has 0 unspecified atom stereocenters.